The zero-order valence-electron chi connectivity index (χ0n) is 13.5. The van der Waals surface area contributed by atoms with Crippen molar-refractivity contribution in [2.75, 3.05) is 19.0 Å². The minimum atomic E-state index is -0.950. The maximum absolute atomic E-state index is 14.0. The first-order chi connectivity index (χ1) is 11.0. The lowest BCUT2D eigenvalue weighted by Crippen LogP contribution is -2.42. The summed E-state index contributed by atoms with van der Waals surface area (Å²) in [6, 6.07) is 13.5. The van der Waals surface area contributed by atoms with Crippen LogP contribution in [-0.4, -0.2) is 19.7 Å². The van der Waals surface area contributed by atoms with E-state index in [9.17, 15) is 9.18 Å². The third-order valence-electron chi connectivity index (χ3n) is 3.87. The molecule has 23 heavy (non-hydrogen) atoms. The number of halogens is 1. The molecule has 0 radical (unpaired) electrons. The van der Waals surface area contributed by atoms with Crippen molar-refractivity contribution in [2.24, 2.45) is 0 Å². The molecule has 2 amide bonds. The molecule has 0 spiro atoms. The van der Waals surface area contributed by atoms with Crippen LogP contribution in [0.2, 0.25) is 0 Å². The Labute approximate surface area is 135 Å². The standard InChI is InChI=1S/C18H21FN2O2/c1-13-8-4-7-11-16(13)21-17(22)20-12-18(2,23-3)14-9-5-6-10-15(14)19/h4-11H,12H2,1-3H3,(H2,20,21,22). The van der Waals surface area contributed by atoms with Gasteiger partial charge < -0.3 is 15.4 Å². The van der Waals surface area contributed by atoms with Gasteiger partial charge >= 0.3 is 6.03 Å². The van der Waals surface area contributed by atoms with E-state index in [0.717, 1.165) is 11.3 Å². The highest BCUT2D eigenvalue weighted by molar-refractivity contribution is 5.90. The van der Waals surface area contributed by atoms with Gasteiger partial charge in [-0.15, -0.1) is 0 Å². The van der Waals surface area contributed by atoms with Crippen molar-refractivity contribution >= 4 is 11.7 Å². The summed E-state index contributed by atoms with van der Waals surface area (Å²) < 4.78 is 19.4. The van der Waals surface area contributed by atoms with E-state index in [1.165, 1.54) is 13.2 Å². The van der Waals surface area contributed by atoms with Crippen LogP contribution in [0.4, 0.5) is 14.9 Å². The maximum Gasteiger partial charge on any atom is 0.319 e. The molecule has 0 saturated carbocycles. The molecule has 2 rings (SSSR count). The van der Waals surface area contributed by atoms with Crippen molar-refractivity contribution < 1.29 is 13.9 Å². The van der Waals surface area contributed by atoms with Gasteiger partial charge in [0.1, 0.15) is 11.4 Å². The summed E-state index contributed by atoms with van der Waals surface area (Å²) in [5.74, 6) is -0.363. The average molecular weight is 316 g/mol. The SMILES string of the molecule is COC(C)(CNC(=O)Nc1ccccc1C)c1ccccc1F. The molecular formula is C18H21FN2O2. The van der Waals surface area contributed by atoms with Gasteiger partial charge in [-0.1, -0.05) is 36.4 Å². The molecule has 2 N–H and O–H groups in total. The van der Waals surface area contributed by atoms with E-state index in [2.05, 4.69) is 10.6 Å². The van der Waals surface area contributed by atoms with Gasteiger partial charge in [0.25, 0.3) is 0 Å². The first-order valence-corrected chi connectivity index (χ1v) is 7.37. The molecule has 0 aromatic heterocycles. The van der Waals surface area contributed by atoms with Crippen LogP contribution in [0.15, 0.2) is 48.5 Å². The number of nitrogens with one attached hydrogen (secondary N) is 2. The average Bonchev–Trinajstić information content (AvgIpc) is 2.55. The van der Waals surface area contributed by atoms with Crippen LogP contribution in [-0.2, 0) is 10.3 Å². The molecule has 0 saturated heterocycles. The predicted molar refractivity (Wildman–Crippen MR) is 89.0 cm³/mol. The number of hydrogen-bond donors (Lipinski definition) is 2. The second-order valence-electron chi connectivity index (χ2n) is 5.54. The largest absolute Gasteiger partial charge is 0.372 e. The molecule has 2 aromatic carbocycles. The highest BCUT2D eigenvalue weighted by atomic mass is 19.1. The number of aryl methyl sites for hydroxylation is 1. The molecule has 4 nitrogen and oxygen atoms in total. The molecule has 122 valence electrons. The highest BCUT2D eigenvalue weighted by Gasteiger charge is 2.29. The normalized spacial score (nSPS) is 13.2. The lowest BCUT2D eigenvalue weighted by molar-refractivity contribution is 0.00235. The van der Waals surface area contributed by atoms with Gasteiger partial charge in [-0.25, -0.2) is 9.18 Å². The topological polar surface area (TPSA) is 50.4 Å². The minimum absolute atomic E-state index is 0.141. The lowest BCUT2D eigenvalue weighted by atomic mass is 9.95. The second kappa shape index (κ2) is 7.24. The second-order valence-corrected chi connectivity index (χ2v) is 5.54. The minimum Gasteiger partial charge on any atom is -0.372 e. The number of para-hydroxylation sites is 1. The molecule has 0 aliphatic rings. The van der Waals surface area contributed by atoms with Gasteiger partial charge in [0.05, 0.1) is 6.54 Å². The first-order valence-electron chi connectivity index (χ1n) is 7.37. The van der Waals surface area contributed by atoms with Crippen LogP contribution >= 0.6 is 0 Å². The summed E-state index contributed by atoms with van der Waals surface area (Å²) in [6.07, 6.45) is 0. The van der Waals surface area contributed by atoms with E-state index in [-0.39, 0.29) is 18.4 Å². The highest BCUT2D eigenvalue weighted by Crippen LogP contribution is 2.26. The fraction of sp³-hybridized carbons (Fsp3) is 0.278. The first kappa shape index (κ1) is 17.0. The van der Waals surface area contributed by atoms with Gasteiger partial charge in [0.15, 0.2) is 0 Å². The number of carbonyl (C=O) groups excluding carboxylic acids is 1. The van der Waals surface area contributed by atoms with Crippen LogP contribution in [0.5, 0.6) is 0 Å². The molecule has 1 atom stereocenters. The summed E-state index contributed by atoms with van der Waals surface area (Å²) in [6.45, 7) is 3.79. The summed E-state index contributed by atoms with van der Waals surface area (Å²) in [4.78, 5) is 12.1. The number of ether oxygens (including phenoxy) is 1. The van der Waals surface area contributed by atoms with Crippen molar-refractivity contribution in [2.45, 2.75) is 19.4 Å². The number of urea groups is 1. The Morgan fingerprint density at radius 1 is 1.17 bits per heavy atom. The van der Waals surface area contributed by atoms with Crippen molar-refractivity contribution in [1.82, 2.24) is 5.32 Å². The van der Waals surface area contributed by atoms with Crippen LogP contribution in [0.1, 0.15) is 18.1 Å². The van der Waals surface area contributed by atoms with Crippen molar-refractivity contribution in [1.29, 1.82) is 0 Å². The molecule has 0 aliphatic heterocycles. The number of hydrogen-bond acceptors (Lipinski definition) is 2. The monoisotopic (exact) mass is 316 g/mol. The van der Waals surface area contributed by atoms with Crippen LogP contribution < -0.4 is 10.6 Å². The molecule has 0 fully saturated rings. The number of rotatable bonds is 5. The zero-order chi connectivity index (χ0) is 16.9. The summed E-state index contributed by atoms with van der Waals surface area (Å²) in [5, 5.41) is 5.51. The number of benzene rings is 2. The fourth-order valence-corrected chi connectivity index (χ4v) is 2.30. The number of amides is 2. The van der Waals surface area contributed by atoms with E-state index in [1.54, 1.807) is 25.1 Å². The van der Waals surface area contributed by atoms with Crippen LogP contribution in [0.3, 0.4) is 0 Å². The number of anilines is 1. The van der Waals surface area contributed by atoms with Gasteiger partial charge in [-0.2, -0.15) is 0 Å². The third-order valence-corrected chi connectivity index (χ3v) is 3.87. The lowest BCUT2D eigenvalue weighted by Gasteiger charge is -2.29. The molecule has 0 bridgehead atoms. The van der Waals surface area contributed by atoms with E-state index in [0.29, 0.717) is 5.56 Å². The zero-order valence-corrected chi connectivity index (χ0v) is 13.5. The Bertz CT molecular complexity index is 690. The summed E-state index contributed by atoms with van der Waals surface area (Å²) in [7, 11) is 1.49. The summed E-state index contributed by atoms with van der Waals surface area (Å²) in [5.41, 5.74) is 1.15. The van der Waals surface area contributed by atoms with Gasteiger partial charge in [-0.3, -0.25) is 0 Å². The van der Waals surface area contributed by atoms with Crippen LogP contribution in [0, 0.1) is 12.7 Å². The molecule has 0 heterocycles. The summed E-state index contributed by atoms with van der Waals surface area (Å²) >= 11 is 0. The molecule has 0 aliphatic carbocycles. The van der Waals surface area contributed by atoms with Gasteiger partial charge in [-0.05, 0) is 31.5 Å². The molecule has 1 unspecified atom stereocenters. The Morgan fingerprint density at radius 2 is 1.83 bits per heavy atom. The Morgan fingerprint density at radius 3 is 2.48 bits per heavy atom. The smallest absolute Gasteiger partial charge is 0.319 e. The molecule has 2 aromatic rings. The van der Waals surface area contributed by atoms with E-state index in [1.807, 2.05) is 31.2 Å². The van der Waals surface area contributed by atoms with E-state index in [4.69, 9.17) is 4.74 Å². The Kier molecular flexibility index (Phi) is 5.34. The Hall–Kier alpha value is -2.40. The number of methoxy groups -OCH3 is 1. The van der Waals surface area contributed by atoms with Crippen molar-refractivity contribution in [3.63, 3.8) is 0 Å². The quantitative estimate of drug-likeness (QED) is 0.881. The van der Waals surface area contributed by atoms with Crippen molar-refractivity contribution in [3.05, 3.63) is 65.5 Å². The van der Waals surface area contributed by atoms with Gasteiger partial charge in [0.2, 0.25) is 0 Å². The molecular weight excluding hydrogens is 295 g/mol. The van der Waals surface area contributed by atoms with E-state index >= 15 is 0 Å². The predicted octanol–water partition coefficient (Wildman–Crippen LogP) is 3.82. The maximum atomic E-state index is 14.0. The fourth-order valence-electron chi connectivity index (χ4n) is 2.30. The number of carbonyl (C=O) groups is 1. The van der Waals surface area contributed by atoms with Gasteiger partial charge in [0, 0.05) is 18.4 Å². The molecule has 5 heteroatoms. The Balaban J connectivity index is 2.04. The van der Waals surface area contributed by atoms with Crippen molar-refractivity contribution in [3.8, 4) is 0 Å². The van der Waals surface area contributed by atoms with Crippen LogP contribution in [0.25, 0.3) is 0 Å². The third kappa shape index (κ3) is 4.07. The van der Waals surface area contributed by atoms with E-state index < -0.39 is 5.60 Å².